The van der Waals surface area contributed by atoms with Crippen LogP contribution in [0, 0.1) is 0 Å². The molecular formula is C7H16N2O3S. The number of sulfone groups is 1. The van der Waals surface area contributed by atoms with E-state index in [9.17, 15) is 13.2 Å². The van der Waals surface area contributed by atoms with E-state index in [2.05, 4.69) is 0 Å². The second-order valence-corrected chi connectivity index (χ2v) is 5.62. The molecule has 0 aromatic carbocycles. The third-order valence-electron chi connectivity index (χ3n) is 1.80. The number of carbonyl (C=O) groups is 1. The standard InChI is InChI=1S/C7H16N2O3S/c1-5(8)3-4-13(11,12)6(2)7(9)10/h5-6H,3-4,8H2,1-2H3,(H2,9,10). The molecule has 0 bridgehead atoms. The Hall–Kier alpha value is -0.620. The fourth-order valence-electron chi connectivity index (χ4n) is 0.704. The summed E-state index contributed by atoms with van der Waals surface area (Å²) >= 11 is 0. The van der Waals surface area contributed by atoms with Gasteiger partial charge in [0.05, 0.1) is 5.75 Å². The maximum Gasteiger partial charge on any atom is 0.235 e. The third kappa shape index (κ3) is 4.23. The van der Waals surface area contributed by atoms with Gasteiger partial charge < -0.3 is 11.5 Å². The van der Waals surface area contributed by atoms with Crippen molar-refractivity contribution in [3.05, 3.63) is 0 Å². The van der Waals surface area contributed by atoms with E-state index in [1.165, 1.54) is 6.92 Å². The van der Waals surface area contributed by atoms with Crippen molar-refractivity contribution < 1.29 is 13.2 Å². The van der Waals surface area contributed by atoms with E-state index in [4.69, 9.17) is 11.5 Å². The van der Waals surface area contributed by atoms with Gasteiger partial charge in [-0.3, -0.25) is 4.79 Å². The lowest BCUT2D eigenvalue weighted by molar-refractivity contribution is -0.117. The van der Waals surface area contributed by atoms with Crippen molar-refractivity contribution in [2.24, 2.45) is 11.5 Å². The second kappa shape index (κ2) is 4.57. The lowest BCUT2D eigenvalue weighted by atomic mass is 10.3. The minimum absolute atomic E-state index is 0.0885. The van der Waals surface area contributed by atoms with E-state index in [1.807, 2.05) is 0 Å². The van der Waals surface area contributed by atoms with E-state index >= 15 is 0 Å². The average Bonchev–Trinajstić information content (AvgIpc) is 1.99. The summed E-state index contributed by atoms with van der Waals surface area (Å²) in [5.74, 6) is -0.904. The lowest BCUT2D eigenvalue weighted by Crippen LogP contribution is -2.35. The van der Waals surface area contributed by atoms with Gasteiger partial charge in [-0.15, -0.1) is 0 Å². The van der Waals surface area contributed by atoms with E-state index in [0.29, 0.717) is 6.42 Å². The summed E-state index contributed by atoms with van der Waals surface area (Å²) in [6, 6.07) is -0.185. The SMILES string of the molecule is CC(N)CCS(=O)(=O)C(C)C(N)=O. The molecule has 0 aromatic rings. The van der Waals surface area contributed by atoms with Gasteiger partial charge >= 0.3 is 0 Å². The Bertz CT molecular complexity index is 271. The Morgan fingerprint density at radius 1 is 1.38 bits per heavy atom. The van der Waals surface area contributed by atoms with Crippen LogP contribution < -0.4 is 11.5 Å². The van der Waals surface area contributed by atoms with Crippen molar-refractivity contribution in [2.45, 2.75) is 31.6 Å². The van der Waals surface area contributed by atoms with E-state index < -0.39 is 21.0 Å². The molecule has 78 valence electrons. The van der Waals surface area contributed by atoms with Gasteiger partial charge in [-0.25, -0.2) is 8.42 Å². The Morgan fingerprint density at radius 3 is 2.15 bits per heavy atom. The zero-order valence-corrected chi connectivity index (χ0v) is 8.67. The number of rotatable bonds is 5. The van der Waals surface area contributed by atoms with Crippen LogP contribution in [0.4, 0.5) is 0 Å². The average molecular weight is 208 g/mol. The van der Waals surface area contributed by atoms with Gasteiger partial charge in [-0.2, -0.15) is 0 Å². The molecule has 0 spiro atoms. The van der Waals surface area contributed by atoms with Crippen molar-refractivity contribution in [1.29, 1.82) is 0 Å². The quantitative estimate of drug-likeness (QED) is 0.605. The fraction of sp³-hybridized carbons (Fsp3) is 0.857. The number of nitrogens with two attached hydrogens (primary N) is 2. The largest absolute Gasteiger partial charge is 0.369 e. The lowest BCUT2D eigenvalue weighted by Gasteiger charge is -2.10. The normalized spacial score (nSPS) is 16.5. The predicted molar refractivity (Wildman–Crippen MR) is 50.7 cm³/mol. The Balaban J connectivity index is 4.33. The van der Waals surface area contributed by atoms with E-state index in [1.54, 1.807) is 6.92 Å². The number of hydrogen-bond acceptors (Lipinski definition) is 4. The third-order valence-corrected chi connectivity index (χ3v) is 3.91. The summed E-state index contributed by atoms with van der Waals surface area (Å²) in [6.45, 7) is 3.00. The number of carbonyl (C=O) groups excluding carboxylic acids is 1. The zero-order valence-electron chi connectivity index (χ0n) is 7.86. The number of primary amides is 1. The van der Waals surface area contributed by atoms with Crippen molar-refractivity contribution in [3.63, 3.8) is 0 Å². The maximum absolute atomic E-state index is 11.3. The van der Waals surface area contributed by atoms with Crippen LogP contribution in [-0.2, 0) is 14.6 Å². The van der Waals surface area contributed by atoms with Crippen molar-refractivity contribution in [2.75, 3.05) is 5.75 Å². The highest BCUT2D eigenvalue weighted by Gasteiger charge is 2.25. The molecule has 13 heavy (non-hydrogen) atoms. The minimum atomic E-state index is -3.41. The minimum Gasteiger partial charge on any atom is -0.369 e. The molecule has 0 aliphatic rings. The molecular weight excluding hydrogens is 192 g/mol. The van der Waals surface area contributed by atoms with Crippen LogP contribution in [0.3, 0.4) is 0 Å². The van der Waals surface area contributed by atoms with Crippen LogP contribution in [0.15, 0.2) is 0 Å². The molecule has 2 unspecified atom stereocenters. The molecule has 0 heterocycles. The molecule has 5 nitrogen and oxygen atoms in total. The highest BCUT2D eigenvalue weighted by atomic mass is 32.2. The van der Waals surface area contributed by atoms with E-state index in [-0.39, 0.29) is 11.8 Å². The Labute approximate surface area is 78.4 Å². The molecule has 0 aliphatic heterocycles. The second-order valence-electron chi connectivity index (χ2n) is 3.18. The number of hydrogen-bond donors (Lipinski definition) is 2. The summed E-state index contributed by atoms with van der Waals surface area (Å²) in [4.78, 5) is 10.6. The van der Waals surface area contributed by atoms with Crippen LogP contribution in [0.2, 0.25) is 0 Å². The van der Waals surface area contributed by atoms with Crippen LogP contribution in [0.1, 0.15) is 20.3 Å². The predicted octanol–water partition coefficient (Wildman–Crippen LogP) is -0.988. The molecule has 0 rings (SSSR count). The fourth-order valence-corrected chi connectivity index (χ4v) is 2.11. The number of amides is 1. The highest BCUT2D eigenvalue weighted by molar-refractivity contribution is 7.92. The van der Waals surface area contributed by atoms with Crippen LogP contribution in [-0.4, -0.2) is 31.4 Å². The van der Waals surface area contributed by atoms with Gasteiger partial charge in [0, 0.05) is 6.04 Å². The smallest absolute Gasteiger partial charge is 0.235 e. The molecule has 0 saturated heterocycles. The summed E-state index contributed by atoms with van der Waals surface area (Å²) < 4.78 is 22.6. The van der Waals surface area contributed by atoms with Gasteiger partial charge in [-0.05, 0) is 20.3 Å². The topological polar surface area (TPSA) is 103 Å². The van der Waals surface area contributed by atoms with E-state index in [0.717, 1.165) is 0 Å². The molecule has 2 atom stereocenters. The maximum atomic E-state index is 11.3. The monoisotopic (exact) mass is 208 g/mol. The first-order valence-corrected chi connectivity index (χ1v) is 5.75. The summed E-state index contributed by atoms with van der Waals surface area (Å²) in [7, 11) is -3.41. The Morgan fingerprint density at radius 2 is 1.85 bits per heavy atom. The first-order valence-electron chi connectivity index (χ1n) is 4.04. The summed E-state index contributed by atoms with van der Waals surface area (Å²) in [5.41, 5.74) is 10.3. The molecule has 0 fully saturated rings. The van der Waals surface area contributed by atoms with Crippen LogP contribution in [0.5, 0.6) is 0 Å². The Kier molecular flexibility index (Phi) is 4.35. The van der Waals surface area contributed by atoms with Gasteiger partial charge in [0.15, 0.2) is 9.84 Å². The van der Waals surface area contributed by atoms with Crippen molar-refractivity contribution in [3.8, 4) is 0 Å². The van der Waals surface area contributed by atoms with Crippen LogP contribution in [0.25, 0.3) is 0 Å². The molecule has 6 heteroatoms. The molecule has 1 amide bonds. The van der Waals surface area contributed by atoms with Crippen molar-refractivity contribution in [1.82, 2.24) is 0 Å². The van der Waals surface area contributed by atoms with Gasteiger partial charge in [-0.1, -0.05) is 0 Å². The molecule has 0 saturated carbocycles. The first-order chi connectivity index (χ1) is 5.77. The van der Waals surface area contributed by atoms with Gasteiger partial charge in [0.25, 0.3) is 0 Å². The molecule has 0 aromatic heterocycles. The highest BCUT2D eigenvalue weighted by Crippen LogP contribution is 2.04. The van der Waals surface area contributed by atoms with Crippen molar-refractivity contribution >= 4 is 15.7 Å². The van der Waals surface area contributed by atoms with Gasteiger partial charge in [0.1, 0.15) is 5.25 Å². The summed E-state index contributed by atoms with van der Waals surface area (Å²) in [5, 5.41) is -1.12. The molecule has 0 aliphatic carbocycles. The zero-order chi connectivity index (χ0) is 10.6. The summed E-state index contributed by atoms with van der Waals surface area (Å²) in [6.07, 6.45) is 0.347. The van der Waals surface area contributed by atoms with Crippen LogP contribution >= 0.6 is 0 Å². The molecule has 4 N–H and O–H groups in total. The molecule has 0 radical (unpaired) electrons. The van der Waals surface area contributed by atoms with Gasteiger partial charge in [0.2, 0.25) is 5.91 Å². The first kappa shape index (κ1) is 12.4.